The Kier molecular flexibility index (Phi) is 5.73. The summed E-state index contributed by atoms with van der Waals surface area (Å²) in [6, 6.07) is 4.54. The van der Waals surface area contributed by atoms with E-state index in [1.165, 1.54) is 46.6 Å². The lowest BCUT2D eigenvalue weighted by Crippen LogP contribution is -2.46. The quantitative estimate of drug-likeness (QED) is 0.714. The fourth-order valence-corrected chi connectivity index (χ4v) is 4.53. The molecule has 2 heterocycles. The maximum absolute atomic E-state index is 4.98. The van der Waals surface area contributed by atoms with Crippen molar-refractivity contribution in [3.05, 3.63) is 40.6 Å². The lowest BCUT2D eigenvalue weighted by Gasteiger charge is -2.36. The molecule has 0 saturated heterocycles. The molecular formula is C23H34N4. The van der Waals surface area contributed by atoms with Crippen molar-refractivity contribution in [2.45, 2.75) is 67.5 Å². The monoisotopic (exact) mass is 366 g/mol. The Labute approximate surface area is 164 Å². The Hall–Kier alpha value is -2.10. The van der Waals surface area contributed by atoms with Crippen LogP contribution in [0.2, 0.25) is 0 Å². The van der Waals surface area contributed by atoms with Crippen molar-refractivity contribution >= 4 is 17.4 Å². The normalized spacial score (nSPS) is 21.6. The maximum atomic E-state index is 4.98. The number of aryl methyl sites for hydroxylation is 3. The fourth-order valence-electron chi connectivity index (χ4n) is 4.53. The Morgan fingerprint density at radius 1 is 1.04 bits per heavy atom. The zero-order chi connectivity index (χ0) is 19.7. The molecule has 146 valence electrons. The second-order valence-electron chi connectivity index (χ2n) is 8.00. The minimum absolute atomic E-state index is 0.0771. The molecule has 1 aromatic rings. The van der Waals surface area contributed by atoms with Crippen LogP contribution in [0.1, 0.15) is 57.2 Å². The molecule has 0 amide bonds. The number of hydrogen-bond donors (Lipinski definition) is 0. The summed E-state index contributed by atoms with van der Waals surface area (Å²) in [5.74, 6) is 2.32. The number of aliphatic imine (C=N–C) groups is 2. The number of amidine groups is 2. The molecule has 2 atom stereocenters. The van der Waals surface area contributed by atoms with Gasteiger partial charge >= 0.3 is 0 Å². The highest BCUT2D eigenvalue weighted by molar-refractivity contribution is 6.01. The molecule has 0 aliphatic carbocycles. The van der Waals surface area contributed by atoms with Gasteiger partial charge in [-0.2, -0.15) is 0 Å². The van der Waals surface area contributed by atoms with Gasteiger partial charge in [-0.1, -0.05) is 31.0 Å². The first kappa shape index (κ1) is 19.7. The lowest BCUT2D eigenvalue weighted by atomic mass is 9.96. The summed E-state index contributed by atoms with van der Waals surface area (Å²) in [6.45, 7) is 17.4. The van der Waals surface area contributed by atoms with E-state index in [1.54, 1.807) is 0 Å². The number of nitrogens with zero attached hydrogens (tertiary/aromatic N) is 4. The Morgan fingerprint density at radius 3 is 2.30 bits per heavy atom. The molecule has 0 radical (unpaired) electrons. The van der Waals surface area contributed by atoms with Gasteiger partial charge in [0.1, 0.15) is 17.8 Å². The first-order valence-electron chi connectivity index (χ1n) is 10.3. The number of fused-ring (bicyclic) bond motifs is 1. The van der Waals surface area contributed by atoms with Crippen LogP contribution in [0.3, 0.4) is 0 Å². The van der Waals surface area contributed by atoms with E-state index in [1.807, 2.05) is 6.92 Å². The van der Waals surface area contributed by atoms with Gasteiger partial charge in [0.15, 0.2) is 0 Å². The first-order chi connectivity index (χ1) is 12.9. The summed E-state index contributed by atoms with van der Waals surface area (Å²) in [4.78, 5) is 14.7. The topological polar surface area (TPSA) is 31.2 Å². The van der Waals surface area contributed by atoms with Gasteiger partial charge in [0, 0.05) is 25.0 Å². The van der Waals surface area contributed by atoms with E-state index in [9.17, 15) is 0 Å². The third-order valence-corrected chi connectivity index (χ3v) is 5.67. The number of unbranched alkanes of at least 4 members (excludes halogenated alkanes) is 1. The van der Waals surface area contributed by atoms with Crippen molar-refractivity contribution < 1.29 is 0 Å². The van der Waals surface area contributed by atoms with E-state index in [2.05, 4.69) is 69.7 Å². The first-order valence-corrected chi connectivity index (χ1v) is 10.3. The Bertz CT molecular complexity index is 780. The molecule has 0 spiro atoms. The van der Waals surface area contributed by atoms with Crippen LogP contribution in [0.15, 0.2) is 33.9 Å². The SMILES string of the molecule is CCCCN(CC)C1=NC(C)=NC2C1C(C)=CN2c1c(C)cc(C)cc1C. The molecule has 4 nitrogen and oxygen atoms in total. The lowest BCUT2D eigenvalue weighted by molar-refractivity contribution is 0.398. The van der Waals surface area contributed by atoms with Crippen LogP contribution in [-0.4, -0.2) is 35.8 Å². The minimum Gasteiger partial charge on any atom is -0.360 e. The molecule has 1 aromatic carbocycles. The molecule has 27 heavy (non-hydrogen) atoms. The van der Waals surface area contributed by atoms with Gasteiger partial charge < -0.3 is 9.80 Å². The van der Waals surface area contributed by atoms with Gasteiger partial charge in [0.05, 0.1) is 5.92 Å². The fraction of sp³-hybridized carbons (Fsp3) is 0.565. The summed E-state index contributed by atoms with van der Waals surface area (Å²) in [7, 11) is 0. The largest absolute Gasteiger partial charge is 0.360 e. The highest BCUT2D eigenvalue weighted by Crippen LogP contribution is 2.40. The molecule has 0 N–H and O–H groups in total. The predicted octanol–water partition coefficient (Wildman–Crippen LogP) is 5.23. The molecule has 0 bridgehead atoms. The number of benzene rings is 1. The summed E-state index contributed by atoms with van der Waals surface area (Å²) in [5.41, 5.74) is 6.58. The van der Waals surface area contributed by atoms with Gasteiger partial charge in [-0.3, -0.25) is 0 Å². The van der Waals surface area contributed by atoms with Crippen molar-refractivity contribution in [2.75, 3.05) is 18.0 Å². The summed E-state index contributed by atoms with van der Waals surface area (Å²) >= 11 is 0. The number of rotatable bonds is 5. The second kappa shape index (κ2) is 7.87. The molecule has 4 heteroatoms. The van der Waals surface area contributed by atoms with E-state index in [-0.39, 0.29) is 12.1 Å². The molecule has 2 unspecified atom stereocenters. The molecular weight excluding hydrogens is 332 g/mol. The third kappa shape index (κ3) is 3.67. The standard InChI is InChI=1S/C23H34N4/c1-8-10-11-26(9-2)22-20-18(6)14-27(23(20)25-19(7)24-22)21-16(4)12-15(3)13-17(21)5/h12-14,20,23H,8-11H2,1-7H3. The van der Waals surface area contributed by atoms with E-state index in [0.717, 1.165) is 18.9 Å². The average molecular weight is 367 g/mol. The molecule has 0 saturated carbocycles. The Morgan fingerprint density at radius 2 is 1.70 bits per heavy atom. The zero-order valence-electron chi connectivity index (χ0n) is 18.0. The summed E-state index contributed by atoms with van der Waals surface area (Å²) in [6.07, 6.45) is 4.77. The van der Waals surface area contributed by atoms with E-state index < -0.39 is 0 Å². The van der Waals surface area contributed by atoms with Crippen molar-refractivity contribution in [3.63, 3.8) is 0 Å². The molecule has 0 fully saturated rings. The van der Waals surface area contributed by atoms with E-state index in [4.69, 9.17) is 9.98 Å². The molecule has 0 aromatic heterocycles. The van der Waals surface area contributed by atoms with Crippen molar-refractivity contribution in [3.8, 4) is 0 Å². The van der Waals surface area contributed by atoms with Crippen molar-refractivity contribution in [1.82, 2.24) is 4.90 Å². The van der Waals surface area contributed by atoms with Gasteiger partial charge in [-0.05, 0) is 64.7 Å². The molecule has 2 aliphatic heterocycles. The van der Waals surface area contributed by atoms with Crippen LogP contribution in [0.5, 0.6) is 0 Å². The van der Waals surface area contributed by atoms with Crippen LogP contribution in [-0.2, 0) is 0 Å². The van der Waals surface area contributed by atoms with Crippen LogP contribution in [0.4, 0.5) is 5.69 Å². The predicted molar refractivity (Wildman–Crippen MR) is 117 cm³/mol. The highest BCUT2D eigenvalue weighted by atomic mass is 15.3. The van der Waals surface area contributed by atoms with Crippen LogP contribution in [0.25, 0.3) is 0 Å². The number of anilines is 1. The second-order valence-corrected chi connectivity index (χ2v) is 8.00. The smallest absolute Gasteiger partial charge is 0.140 e. The maximum Gasteiger partial charge on any atom is 0.140 e. The Balaban J connectivity index is 2.01. The van der Waals surface area contributed by atoms with Gasteiger partial charge in [-0.25, -0.2) is 9.98 Å². The molecule has 2 aliphatic rings. The highest BCUT2D eigenvalue weighted by Gasteiger charge is 2.41. The zero-order valence-corrected chi connectivity index (χ0v) is 18.0. The van der Waals surface area contributed by atoms with E-state index in [0.29, 0.717) is 0 Å². The summed E-state index contributed by atoms with van der Waals surface area (Å²) in [5, 5.41) is 0. The van der Waals surface area contributed by atoms with Crippen LogP contribution < -0.4 is 4.90 Å². The third-order valence-electron chi connectivity index (χ3n) is 5.67. The minimum atomic E-state index is 0.0771. The van der Waals surface area contributed by atoms with Crippen molar-refractivity contribution in [2.24, 2.45) is 15.9 Å². The average Bonchev–Trinajstić information content (AvgIpc) is 2.91. The number of hydrogen-bond acceptors (Lipinski definition) is 4. The van der Waals surface area contributed by atoms with Crippen molar-refractivity contribution in [1.29, 1.82) is 0 Å². The van der Waals surface area contributed by atoms with Crippen LogP contribution >= 0.6 is 0 Å². The van der Waals surface area contributed by atoms with Gasteiger partial charge in [0.25, 0.3) is 0 Å². The van der Waals surface area contributed by atoms with Crippen LogP contribution in [0, 0.1) is 26.7 Å². The molecule has 3 rings (SSSR count). The van der Waals surface area contributed by atoms with Gasteiger partial charge in [-0.15, -0.1) is 0 Å². The van der Waals surface area contributed by atoms with Gasteiger partial charge in [0.2, 0.25) is 0 Å². The van der Waals surface area contributed by atoms with E-state index >= 15 is 0 Å². The summed E-state index contributed by atoms with van der Waals surface area (Å²) < 4.78 is 0.